The van der Waals surface area contributed by atoms with E-state index in [9.17, 15) is 9.90 Å². The summed E-state index contributed by atoms with van der Waals surface area (Å²) >= 11 is 0. The van der Waals surface area contributed by atoms with Crippen LogP contribution in [0, 0.1) is 0 Å². The molecule has 1 N–H and O–H groups in total. The van der Waals surface area contributed by atoms with Gasteiger partial charge in [-0.25, -0.2) is 19.7 Å². The van der Waals surface area contributed by atoms with Crippen LogP contribution < -0.4 is 0 Å². The van der Waals surface area contributed by atoms with Crippen molar-refractivity contribution < 1.29 is 9.90 Å². The van der Waals surface area contributed by atoms with E-state index in [1.807, 2.05) is 38.1 Å². The third kappa shape index (κ3) is 2.24. The minimum absolute atomic E-state index is 0.0168. The number of aromatic carboxylic acids is 1. The second-order valence-electron chi connectivity index (χ2n) is 5.03. The average Bonchev–Trinajstić information content (AvgIpc) is 2.90. The van der Waals surface area contributed by atoms with Gasteiger partial charge in [-0.1, -0.05) is 26.0 Å². The van der Waals surface area contributed by atoms with Gasteiger partial charge in [0, 0.05) is 5.92 Å². The normalized spacial score (nSPS) is 11.2. The van der Waals surface area contributed by atoms with Crippen LogP contribution in [0.5, 0.6) is 0 Å². The molecule has 2 aromatic heterocycles. The van der Waals surface area contributed by atoms with Crippen molar-refractivity contribution in [1.82, 2.24) is 19.5 Å². The number of aromatic nitrogens is 4. The average molecular weight is 282 g/mol. The van der Waals surface area contributed by atoms with Gasteiger partial charge in [0.15, 0.2) is 5.69 Å². The van der Waals surface area contributed by atoms with Gasteiger partial charge in [0.1, 0.15) is 12.2 Å². The number of nitrogens with zero attached hydrogens (tertiary/aromatic N) is 4. The predicted octanol–water partition coefficient (Wildman–Crippen LogP) is 2.64. The maximum Gasteiger partial charge on any atom is 0.356 e. The van der Waals surface area contributed by atoms with Crippen LogP contribution in [0.4, 0.5) is 0 Å². The Morgan fingerprint density at radius 3 is 2.71 bits per heavy atom. The number of benzene rings is 1. The SMILES string of the molecule is CC(C)c1ncc(-n2cnc3ccccc32)c(C(=O)O)n1. The Kier molecular flexibility index (Phi) is 3.13. The second kappa shape index (κ2) is 4.97. The molecule has 0 bridgehead atoms. The molecule has 6 heteroatoms. The van der Waals surface area contributed by atoms with Crippen molar-refractivity contribution in [2.75, 3.05) is 0 Å². The van der Waals surface area contributed by atoms with Crippen molar-refractivity contribution in [2.24, 2.45) is 0 Å². The Hall–Kier alpha value is -2.76. The topological polar surface area (TPSA) is 80.9 Å². The first kappa shape index (κ1) is 13.2. The molecule has 0 aliphatic carbocycles. The zero-order chi connectivity index (χ0) is 15.0. The lowest BCUT2D eigenvalue weighted by atomic mass is 10.2. The maximum atomic E-state index is 11.5. The highest BCUT2D eigenvalue weighted by Gasteiger charge is 2.18. The minimum atomic E-state index is -1.08. The fraction of sp³-hybridized carbons (Fsp3) is 0.200. The van der Waals surface area contributed by atoms with Gasteiger partial charge >= 0.3 is 5.97 Å². The van der Waals surface area contributed by atoms with Crippen LogP contribution in [-0.4, -0.2) is 30.6 Å². The summed E-state index contributed by atoms with van der Waals surface area (Å²) in [5, 5.41) is 9.42. The molecule has 21 heavy (non-hydrogen) atoms. The first-order chi connectivity index (χ1) is 10.1. The van der Waals surface area contributed by atoms with E-state index in [1.165, 1.54) is 0 Å². The van der Waals surface area contributed by atoms with Crippen LogP contribution in [0.3, 0.4) is 0 Å². The third-order valence-electron chi connectivity index (χ3n) is 3.22. The quantitative estimate of drug-likeness (QED) is 0.798. The Morgan fingerprint density at radius 1 is 1.24 bits per heavy atom. The second-order valence-corrected chi connectivity index (χ2v) is 5.03. The number of rotatable bonds is 3. The molecule has 0 amide bonds. The molecule has 0 unspecified atom stereocenters. The molecule has 3 rings (SSSR count). The van der Waals surface area contributed by atoms with Crippen LogP contribution in [0.25, 0.3) is 16.7 Å². The van der Waals surface area contributed by atoms with Crippen LogP contribution in [0.1, 0.15) is 36.1 Å². The molecule has 0 spiro atoms. The lowest BCUT2D eigenvalue weighted by molar-refractivity contribution is 0.0690. The molecular weight excluding hydrogens is 268 g/mol. The molecule has 0 aliphatic rings. The fourth-order valence-electron chi connectivity index (χ4n) is 2.15. The number of fused-ring (bicyclic) bond motifs is 1. The third-order valence-corrected chi connectivity index (χ3v) is 3.22. The molecule has 6 nitrogen and oxygen atoms in total. The standard InChI is InChI=1S/C15H14N4O2/c1-9(2)14-16-7-12(13(18-14)15(20)21)19-8-17-10-5-3-4-6-11(10)19/h3-9H,1-2H3,(H,20,21). The fourth-order valence-corrected chi connectivity index (χ4v) is 2.15. The van der Waals surface area contributed by atoms with Gasteiger partial charge in [0.05, 0.1) is 22.9 Å². The summed E-state index contributed by atoms with van der Waals surface area (Å²) in [4.78, 5) is 24.2. The van der Waals surface area contributed by atoms with E-state index in [2.05, 4.69) is 15.0 Å². The minimum Gasteiger partial charge on any atom is -0.476 e. The number of carbonyl (C=O) groups is 1. The zero-order valence-electron chi connectivity index (χ0n) is 11.7. The summed E-state index contributed by atoms with van der Waals surface area (Å²) in [6.45, 7) is 3.85. The molecule has 0 saturated carbocycles. The van der Waals surface area contributed by atoms with Crippen molar-refractivity contribution >= 4 is 17.0 Å². The molecular formula is C15H14N4O2. The molecule has 0 saturated heterocycles. The van der Waals surface area contributed by atoms with Crippen molar-refractivity contribution in [3.8, 4) is 5.69 Å². The summed E-state index contributed by atoms with van der Waals surface area (Å²) in [6.07, 6.45) is 3.13. The van der Waals surface area contributed by atoms with E-state index in [1.54, 1.807) is 17.1 Å². The first-order valence-corrected chi connectivity index (χ1v) is 6.60. The maximum absolute atomic E-state index is 11.5. The van der Waals surface area contributed by atoms with Gasteiger partial charge in [0.2, 0.25) is 0 Å². The highest BCUT2D eigenvalue weighted by atomic mass is 16.4. The van der Waals surface area contributed by atoms with Gasteiger partial charge in [-0.2, -0.15) is 0 Å². The summed E-state index contributed by atoms with van der Waals surface area (Å²) in [6, 6.07) is 7.51. The lowest BCUT2D eigenvalue weighted by Gasteiger charge is -2.10. The number of hydrogen-bond donors (Lipinski definition) is 1. The van der Waals surface area contributed by atoms with Crippen molar-refractivity contribution in [3.63, 3.8) is 0 Å². The lowest BCUT2D eigenvalue weighted by Crippen LogP contribution is -2.12. The van der Waals surface area contributed by atoms with Crippen LogP contribution >= 0.6 is 0 Å². The smallest absolute Gasteiger partial charge is 0.356 e. The molecule has 0 radical (unpaired) electrons. The van der Waals surface area contributed by atoms with E-state index in [0.29, 0.717) is 11.5 Å². The number of imidazole rings is 1. The molecule has 0 aliphatic heterocycles. The number of carboxylic acids is 1. The molecule has 3 aromatic rings. The largest absolute Gasteiger partial charge is 0.476 e. The van der Waals surface area contributed by atoms with Crippen molar-refractivity contribution in [3.05, 3.63) is 48.3 Å². The van der Waals surface area contributed by atoms with Crippen LogP contribution in [0.15, 0.2) is 36.8 Å². The van der Waals surface area contributed by atoms with E-state index >= 15 is 0 Å². The van der Waals surface area contributed by atoms with Gasteiger partial charge in [-0.05, 0) is 12.1 Å². The van der Waals surface area contributed by atoms with Crippen LogP contribution in [-0.2, 0) is 0 Å². The van der Waals surface area contributed by atoms with Gasteiger partial charge in [-0.15, -0.1) is 0 Å². The predicted molar refractivity (Wildman–Crippen MR) is 77.7 cm³/mol. The summed E-state index contributed by atoms with van der Waals surface area (Å²) in [7, 11) is 0. The summed E-state index contributed by atoms with van der Waals surface area (Å²) < 4.78 is 1.70. The summed E-state index contributed by atoms with van der Waals surface area (Å²) in [5.74, 6) is -0.496. The first-order valence-electron chi connectivity index (χ1n) is 6.60. The summed E-state index contributed by atoms with van der Waals surface area (Å²) in [5.41, 5.74) is 2.01. The van der Waals surface area contributed by atoms with Gasteiger partial charge in [0.25, 0.3) is 0 Å². The van der Waals surface area contributed by atoms with E-state index in [0.717, 1.165) is 11.0 Å². The van der Waals surface area contributed by atoms with Crippen molar-refractivity contribution in [2.45, 2.75) is 19.8 Å². The van der Waals surface area contributed by atoms with Crippen molar-refractivity contribution in [1.29, 1.82) is 0 Å². The molecule has 0 atom stereocenters. The highest BCUT2D eigenvalue weighted by Crippen LogP contribution is 2.21. The van der Waals surface area contributed by atoms with Gasteiger partial charge < -0.3 is 5.11 Å². The van der Waals surface area contributed by atoms with E-state index in [-0.39, 0.29) is 11.6 Å². The van der Waals surface area contributed by atoms with Crippen LogP contribution in [0.2, 0.25) is 0 Å². The Labute approximate surface area is 121 Å². The van der Waals surface area contributed by atoms with E-state index < -0.39 is 5.97 Å². The Morgan fingerprint density at radius 2 is 2.00 bits per heavy atom. The molecule has 2 heterocycles. The molecule has 106 valence electrons. The monoisotopic (exact) mass is 282 g/mol. The Bertz CT molecular complexity index is 823. The number of carboxylic acid groups (broad SMARTS) is 1. The molecule has 0 fully saturated rings. The number of hydrogen-bond acceptors (Lipinski definition) is 4. The van der Waals surface area contributed by atoms with E-state index in [4.69, 9.17) is 0 Å². The highest BCUT2D eigenvalue weighted by molar-refractivity contribution is 5.90. The zero-order valence-corrected chi connectivity index (χ0v) is 11.7. The number of para-hydroxylation sites is 2. The molecule has 1 aromatic carbocycles. The Balaban J connectivity index is 2.24. The van der Waals surface area contributed by atoms with Gasteiger partial charge in [-0.3, -0.25) is 4.57 Å².